The number of benzene rings is 1. The molecule has 0 aromatic heterocycles. The molecule has 0 radical (unpaired) electrons. The second-order valence-corrected chi connectivity index (χ2v) is 6.30. The van der Waals surface area contributed by atoms with Gasteiger partial charge >= 0.3 is 0 Å². The Hall–Kier alpha value is -1.65. The Kier molecular flexibility index (Phi) is 5.47. The molecule has 4 heteroatoms. The summed E-state index contributed by atoms with van der Waals surface area (Å²) in [5, 5.41) is 0. The number of hydrogen-bond donors (Lipinski definition) is 0. The molecule has 0 N–H and O–H groups in total. The van der Waals surface area contributed by atoms with Crippen molar-refractivity contribution in [1.82, 2.24) is 4.90 Å². The van der Waals surface area contributed by atoms with Crippen molar-refractivity contribution >= 4 is 5.91 Å². The molecule has 2 fully saturated rings. The van der Waals surface area contributed by atoms with Gasteiger partial charge in [-0.05, 0) is 24.8 Å². The van der Waals surface area contributed by atoms with Crippen molar-refractivity contribution in [2.45, 2.75) is 31.4 Å². The molecular formula is C19H25NO3. The highest BCUT2D eigenvalue weighted by Gasteiger charge is 2.40. The maximum Gasteiger partial charge on any atom is 0.228 e. The molecule has 23 heavy (non-hydrogen) atoms. The predicted octanol–water partition coefficient (Wildman–Crippen LogP) is 2.44. The van der Waals surface area contributed by atoms with E-state index in [0.717, 1.165) is 25.8 Å². The van der Waals surface area contributed by atoms with Crippen LogP contribution in [0.5, 0.6) is 0 Å². The molecule has 124 valence electrons. The van der Waals surface area contributed by atoms with E-state index in [1.807, 2.05) is 23.1 Å². The van der Waals surface area contributed by atoms with Gasteiger partial charge in [-0.2, -0.15) is 0 Å². The summed E-state index contributed by atoms with van der Waals surface area (Å²) in [5.41, 5.74) is 1.24. The summed E-state index contributed by atoms with van der Waals surface area (Å²) in [6.45, 7) is 6.29. The van der Waals surface area contributed by atoms with Crippen LogP contribution in [0, 0.1) is 5.92 Å². The van der Waals surface area contributed by atoms with E-state index >= 15 is 0 Å². The molecular weight excluding hydrogens is 290 g/mol. The minimum Gasteiger partial charge on any atom is -0.381 e. The van der Waals surface area contributed by atoms with E-state index in [1.165, 1.54) is 5.56 Å². The van der Waals surface area contributed by atoms with Crippen LogP contribution in [0.4, 0.5) is 0 Å². The third kappa shape index (κ3) is 3.82. The van der Waals surface area contributed by atoms with Crippen LogP contribution in [0.2, 0.25) is 0 Å². The lowest BCUT2D eigenvalue weighted by atomic mass is 10.0. The van der Waals surface area contributed by atoms with E-state index in [9.17, 15) is 4.79 Å². The normalized spacial score (nSPS) is 27.3. The molecule has 0 aliphatic carbocycles. The Labute approximate surface area is 138 Å². The van der Waals surface area contributed by atoms with Crippen molar-refractivity contribution in [1.29, 1.82) is 0 Å². The summed E-state index contributed by atoms with van der Waals surface area (Å²) in [4.78, 5) is 14.9. The van der Waals surface area contributed by atoms with E-state index in [0.29, 0.717) is 19.8 Å². The van der Waals surface area contributed by atoms with Crippen LogP contribution < -0.4 is 0 Å². The number of hydrogen-bond acceptors (Lipinski definition) is 3. The van der Waals surface area contributed by atoms with Gasteiger partial charge in [0.1, 0.15) is 0 Å². The van der Waals surface area contributed by atoms with Gasteiger partial charge < -0.3 is 14.4 Å². The largest absolute Gasteiger partial charge is 0.381 e. The number of ether oxygens (including phenoxy) is 2. The minimum absolute atomic E-state index is 0.0198. The third-order valence-electron chi connectivity index (χ3n) is 4.76. The first-order chi connectivity index (χ1) is 11.3. The molecule has 1 aromatic carbocycles. The zero-order valence-electron chi connectivity index (χ0n) is 13.5. The Morgan fingerprint density at radius 3 is 2.87 bits per heavy atom. The van der Waals surface area contributed by atoms with E-state index in [4.69, 9.17) is 9.47 Å². The van der Waals surface area contributed by atoms with E-state index in [2.05, 4.69) is 18.7 Å². The smallest absolute Gasteiger partial charge is 0.228 e. The van der Waals surface area contributed by atoms with Crippen molar-refractivity contribution in [3.63, 3.8) is 0 Å². The Balaban J connectivity index is 1.73. The highest BCUT2D eigenvalue weighted by atomic mass is 16.5. The summed E-state index contributed by atoms with van der Waals surface area (Å²) >= 11 is 0. The van der Waals surface area contributed by atoms with E-state index in [1.54, 1.807) is 6.08 Å². The summed E-state index contributed by atoms with van der Waals surface area (Å²) < 4.78 is 11.3. The molecule has 1 unspecified atom stereocenters. The second-order valence-electron chi connectivity index (χ2n) is 6.30. The van der Waals surface area contributed by atoms with Gasteiger partial charge in [0.25, 0.3) is 0 Å². The first kappa shape index (κ1) is 16.2. The van der Waals surface area contributed by atoms with Crippen molar-refractivity contribution in [2.75, 3.05) is 26.4 Å². The van der Waals surface area contributed by atoms with Crippen LogP contribution in [0.25, 0.3) is 0 Å². The molecule has 2 heterocycles. The summed E-state index contributed by atoms with van der Waals surface area (Å²) in [6.07, 6.45) is 4.42. The molecule has 0 spiro atoms. The third-order valence-corrected chi connectivity index (χ3v) is 4.76. The van der Waals surface area contributed by atoms with Gasteiger partial charge in [-0.1, -0.05) is 36.4 Å². The quantitative estimate of drug-likeness (QED) is 0.757. The SMILES string of the molecule is C=CCO[C@@H]1CCN(C(=O)C2CCOC2)[C@H]1Cc1ccccc1. The van der Waals surface area contributed by atoms with Gasteiger partial charge in [-0.25, -0.2) is 0 Å². The fourth-order valence-corrected chi connectivity index (χ4v) is 3.55. The Bertz CT molecular complexity index is 525. The number of likely N-dealkylation sites (tertiary alicyclic amines) is 1. The zero-order valence-corrected chi connectivity index (χ0v) is 13.5. The van der Waals surface area contributed by atoms with E-state index < -0.39 is 0 Å². The average Bonchev–Trinajstić information content (AvgIpc) is 3.24. The molecule has 1 amide bonds. The monoisotopic (exact) mass is 315 g/mol. The molecule has 3 rings (SSSR count). The van der Waals surface area contributed by atoms with Gasteiger partial charge in [0, 0.05) is 13.2 Å². The topological polar surface area (TPSA) is 38.8 Å². The highest BCUT2D eigenvalue weighted by molar-refractivity contribution is 5.80. The molecule has 1 aromatic rings. The van der Waals surface area contributed by atoms with Crippen LogP contribution in [0.3, 0.4) is 0 Å². The van der Waals surface area contributed by atoms with Crippen molar-refractivity contribution in [2.24, 2.45) is 5.92 Å². The lowest BCUT2D eigenvalue weighted by molar-refractivity contribution is -0.137. The van der Waals surface area contributed by atoms with Crippen molar-refractivity contribution in [3.8, 4) is 0 Å². The number of carbonyl (C=O) groups excluding carboxylic acids is 1. The van der Waals surface area contributed by atoms with Gasteiger partial charge in [0.2, 0.25) is 5.91 Å². The van der Waals surface area contributed by atoms with Crippen LogP contribution in [-0.2, 0) is 20.7 Å². The van der Waals surface area contributed by atoms with E-state index in [-0.39, 0.29) is 24.0 Å². The van der Waals surface area contributed by atoms with Crippen molar-refractivity contribution in [3.05, 3.63) is 48.6 Å². The zero-order chi connectivity index (χ0) is 16.1. The van der Waals surface area contributed by atoms with Crippen LogP contribution in [-0.4, -0.2) is 49.3 Å². The number of nitrogens with zero attached hydrogens (tertiary/aromatic N) is 1. The number of rotatable bonds is 6. The molecule has 0 bridgehead atoms. The Morgan fingerprint density at radius 1 is 1.35 bits per heavy atom. The lowest BCUT2D eigenvalue weighted by Gasteiger charge is -2.30. The predicted molar refractivity (Wildman–Crippen MR) is 89.1 cm³/mol. The van der Waals surface area contributed by atoms with Crippen LogP contribution in [0.1, 0.15) is 18.4 Å². The highest BCUT2D eigenvalue weighted by Crippen LogP contribution is 2.28. The molecule has 2 aliphatic heterocycles. The Morgan fingerprint density at radius 2 is 2.17 bits per heavy atom. The average molecular weight is 315 g/mol. The maximum absolute atomic E-state index is 12.8. The van der Waals surface area contributed by atoms with Crippen LogP contribution in [0.15, 0.2) is 43.0 Å². The maximum atomic E-state index is 12.8. The minimum atomic E-state index is 0.0198. The van der Waals surface area contributed by atoms with Gasteiger partial charge in [-0.15, -0.1) is 6.58 Å². The first-order valence-corrected chi connectivity index (χ1v) is 8.44. The fourth-order valence-electron chi connectivity index (χ4n) is 3.55. The standard InChI is InChI=1S/C19H25NO3/c1-2-11-23-18-8-10-20(19(21)16-9-12-22-14-16)17(18)13-15-6-4-3-5-7-15/h2-7,16-18H,1,8-14H2/t16?,17-,18+/m0/s1. The van der Waals surface area contributed by atoms with Gasteiger partial charge in [0.05, 0.1) is 31.3 Å². The number of carbonyl (C=O) groups is 1. The summed E-state index contributed by atoms with van der Waals surface area (Å²) in [6, 6.07) is 10.4. The molecule has 2 saturated heterocycles. The molecule has 0 saturated carbocycles. The van der Waals surface area contributed by atoms with Crippen molar-refractivity contribution < 1.29 is 14.3 Å². The summed E-state index contributed by atoms with van der Waals surface area (Å²) in [7, 11) is 0. The van der Waals surface area contributed by atoms with Crippen LogP contribution >= 0.6 is 0 Å². The molecule has 2 aliphatic rings. The molecule has 3 atom stereocenters. The second kappa shape index (κ2) is 7.75. The van der Waals surface area contributed by atoms with Gasteiger partial charge in [0.15, 0.2) is 0 Å². The summed E-state index contributed by atoms with van der Waals surface area (Å²) in [5.74, 6) is 0.250. The molecule has 4 nitrogen and oxygen atoms in total. The lowest BCUT2D eigenvalue weighted by Crippen LogP contribution is -2.44. The fraction of sp³-hybridized carbons (Fsp3) is 0.526. The van der Waals surface area contributed by atoms with Gasteiger partial charge in [-0.3, -0.25) is 4.79 Å². The number of amides is 1. The first-order valence-electron chi connectivity index (χ1n) is 8.44.